The van der Waals surface area contributed by atoms with Crippen LogP contribution in [0.5, 0.6) is 5.75 Å². The maximum atomic E-state index is 13.7. The Kier molecular flexibility index (Phi) is 7.85. The summed E-state index contributed by atoms with van der Waals surface area (Å²) in [5.74, 6) is 1.30. The van der Waals surface area contributed by atoms with E-state index in [-0.39, 0.29) is 17.9 Å². The van der Waals surface area contributed by atoms with Gasteiger partial charge in [0.25, 0.3) is 11.8 Å². The lowest BCUT2D eigenvalue weighted by molar-refractivity contribution is -0.113. The van der Waals surface area contributed by atoms with Gasteiger partial charge in [0, 0.05) is 33.7 Å². The van der Waals surface area contributed by atoms with Crippen molar-refractivity contribution in [1.82, 2.24) is 4.90 Å². The van der Waals surface area contributed by atoms with Crippen LogP contribution < -0.4 is 15.4 Å². The Labute approximate surface area is 234 Å². The molecule has 0 unspecified atom stereocenters. The SMILES string of the molecule is COc1ccc(NC(=O)C2=C(C)N=C3SCCCN3[C@H]2c2cccc(NC(=O)c3cccc(Br)c3)c2)cc1. The second-order valence-electron chi connectivity index (χ2n) is 8.96. The number of halogens is 1. The third-order valence-electron chi connectivity index (χ3n) is 6.40. The molecular weight excluding hydrogens is 564 g/mol. The Morgan fingerprint density at radius 1 is 1.00 bits per heavy atom. The van der Waals surface area contributed by atoms with Crippen LogP contribution in [0.2, 0.25) is 0 Å². The van der Waals surface area contributed by atoms with Gasteiger partial charge in [-0.2, -0.15) is 0 Å². The molecule has 0 aromatic heterocycles. The van der Waals surface area contributed by atoms with Crippen LogP contribution in [0.25, 0.3) is 0 Å². The molecule has 1 saturated heterocycles. The van der Waals surface area contributed by atoms with E-state index in [2.05, 4.69) is 31.5 Å². The van der Waals surface area contributed by atoms with E-state index in [9.17, 15) is 9.59 Å². The number of carbonyl (C=O) groups excluding carboxylic acids is 2. The second-order valence-corrected chi connectivity index (χ2v) is 10.9. The Morgan fingerprint density at radius 2 is 1.76 bits per heavy atom. The average molecular weight is 592 g/mol. The van der Waals surface area contributed by atoms with Crippen molar-refractivity contribution in [1.29, 1.82) is 0 Å². The number of carbonyl (C=O) groups is 2. The number of hydrogen-bond acceptors (Lipinski definition) is 6. The van der Waals surface area contributed by atoms with Gasteiger partial charge in [0.2, 0.25) is 0 Å². The van der Waals surface area contributed by atoms with E-state index < -0.39 is 0 Å². The van der Waals surface area contributed by atoms with E-state index in [1.807, 2.05) is 67.6 Å². The fourth-order valence-electron chi connectivity index (χ4n) is 4.60. The van der Waals surface area contributed by atoms with Gasteiger partial charge in [0.05, 0.1) is 24.4 Å². The lowest BCUT2D eigenvalue weighted by Gasteiger charge is -2.41. The highest BCUT2D eigenvalue weighted by Crippen LogP contribution is 2.40. The lowest BCUT2D eigenvalue weighted by atomic mass is 9.93. The zero-order chi connectivity index (χ0) is 26.6. The van der Waals surface area contributed by atoms with Crippen molar-refractivity contribution in [2.24, 2.45) is 4.99 Å². The number of methoxy groups -OCH3 is 1. The summed E-state index contributed by atoms with van der Waals surface area (Å²) in [6, 6.07) is 21.9. The van der Waals surface area contributed by atoms with Gasteiger partial charge < -0.3 is 20.3 Å². The van der Waals surface area contributed by atoms with Crippen LogP contribution in [-0.2, 0) is 4.79 Å². The minimum absolute atomic E-state index is 0.202. The van der Waals surface area contributed by atoms with Crippen LogP contribution in [0.4, 0.5) is 11.4 Å². The quantitative estimate of drug-likeness (QED) is 0.343. The molecule has 2 aliphatic heterocycles. The van der Waals surface area contributed by atoms with Crippen LogP contribution in [0, 0.1) is 0 Å². The van der Waals surface area contributed by atoms with E-state index in [4.69, 9.17) is 9.73 Å². The maximum absolute atomic E-state index is 13.7. The summed E-state index contributed by atoms with van der Waals surface area (Å²) in [6.07, 6.45) is 0.992. The van der Waals surface area contributed by atoms with Crippen molar-refractivity contribution >= 4 is 56.0 Å². The van der Waals surface area contributed by atoms with Crippen molar-refractivity contribution in [3.05, 3.63) is 99.7 Å². The molecule has 5 rings (SSSR count). The number of hydrogen-bond donors (Lipinski definition) is 2. The molecule has 3 aromatic rings. The summed E-state index contributed by atoms with van der Waals surface area (Å²) in [4.78, 5) is 33.6. The molecule has 0 radical (unpaired) electrons. The number of thioether (sulfide) groups is 1. The molecule has 3 aromatic carbocycles. The number of fused-ring (bicyclic) bond motifs is 1. The standard InChI is InChI=1S/C29H27BrN4O3S/c1-18-25(28(36)32-22-10-12-24(37-2)13-11-22)26(34-14-5-15-38-29(34)31-18)19-6-4-9-23(17-19)33-27(35)20-7-3-8-21(30)16-20/h3-4,6-13,16-17,26H,5,14-15H2,1-2H3,(H,32,36)(H,33,35)/t26-/m0/s1. The molecule has 1 fully saturated rings. The highest BCUT2D eigenvalue weighted by molar-refractivity contribution is 9.10. The molecule has 2 N–H and O–H groups in total. The number of aliphatic imine (C=N–C) groups is 1. The predicted molar refractivity (Wildman–Crippen MR) is 157 cm³/mol. The Hall–Kier alpha value is -3.56. The molecule has 0 bridgehead atoms. The van der Waals surface area contributed by atoms with Crippen molar-refractivity contribution < 1.29 is 14.3 Å². The second kappa shape index (κ2) is 11.4. The highest BCUT2D eigenvalue weighted by Gasteiger charge is 2.37. The fourth-order valence-corrected chi connectivity index (χ4v) is 6.02. The number of allylic oxidation sites excluding steroid dienone is 1. The Bertz CT molecular complexity index is 1440. The highest BCUT2D eigenvalue weighted by atomic mass is 79.9. The molecule has 1 atom stereocenters. The van der Waals surface area contributed by atoms with E-state index in [1.165, 1.54) is 0 Å². The molecule has 0 saturated carbocycles. The molecule has 2 heterocycles. The third-order valence-corrected chi connectivity index (χ3v) is 7.97. The lowest BCUT2D eigenvalue weighted by Crippen LogP contribution is -2.43. The molecule has 9 heteroatoms. The molecule has 2 amide bonds. The zero-order valence-corrected chi connectivity index (χ0v) is 23.4. The predicted octanol–water partition coefficient (Wildman–Crippen LogP) is 6.47. The number of nitrogens with one attached hydrogen (secondary N) is 2. The van der Waals surface area contributed by atoms with Crippen LogP contribution in [0.3, 0.4) is 0 Å². The number of amidine groups is 1. The van der Waals surface area contributed by atoms with Gasteiger partial charge in [-0.15, -0.1) is 0 Å². The number of rotatable bonds is 6. The minimum Gasteiger partial charge on any atom is -0.497 e. The monoisotopic (exact) mass is 590 g/mol. The van der Waals surface area contributed by atoms with Gasteiger partial charge in [-0.05, 0) is 73.5 Å². The van der Waals surface area contributed by atoms with Crippen LogP contribution in [0.15, 0.2) is 93.5 Å². The van der Waals surface area contributed by atoms with E-state index in [1.54, 1.807) is 31.0 Å². The molecule has 0 spiro atoms. The topological polar surface area (TPSA) is 83.0 Å². The van der Waals surface area contributed by atoms with Crippen molar-refractivity contribution in [3.63, 3.8) is 0 Å². The summed E-state index contributed by atoms with van der Waals surface area (Å²) < 4.78 is 6.07. The number of benzene rings is 3. The number of amides is 2. The Balaban J connectivity index is 1.47. The summed E-state index contributed by atoms with van der Waals surface area (Å²) in [5, 5.41) is 6.95. The molecule has 2 aliphatic rings. The number of ether oxygens (including phenoxy) is 1. The van der Waals surface area contributed by atoms with Gasteiger partial charge in [-0.1, -0.05) is 45.9 Å². The summed E-state index contributed by atoms with van der Waals surface area (Å²) in [6.45, 7) is 2.67. The van der Waals surface area contributed by atoms with Crippen LogP contribution in [-0.4, -0.2) is 41.3 Å². The average Bonchev–Trinajstić information content (AvgIpc) is 2.92. The maximum Gasteiger partial charge on any atom is 0.255 e. The van der Waals surface area contributed by atoms with Gasteiger partial charge in [-0.25, -0.2) is 4.99 Å². The largest absolute Gasteiger partial charge is 0.497 e. The van der Waals surface area contributed by atoms with Crippen LogP contribution >= 0.6 is 27.7 Å². The smallest absolute Gasteiger partial charge is 0.255 e. The summed E-state index contributed by atoms with van der Waals surface area (Å²) >= 11 is 5.13. The molecule has 38 heavy (non-hydrogen) atoms. The first-order valence-corrected chi connectivity index (χ1v) is 14.0. The first-order chi connectivity index (χ1) is 18.4. The summed E-state index contributed by atoms with van der Waals surface area (Å²) in [5.41, 5.74) is 4.07. The van der Waals surface area contributed by atoms with Gasteiger partial charge in [0.15, 0.2) is 5.17 Å². The third kappa shape index (κ3) is 5.63. The van der Waals surface area contributed by atoms with Gasteiger partial charge in [-0.3, -0.25) is 9.59 Å². The van der Waals surface area contributed by atoms with E-state index >= 15 is 0 Å². The number of anilines is 2. The van der Waals surface area contributed by atoms with Gasteiger partial charge >= 0.3 is 0 Å². The van der Waals surface area contributed by atoms with E-state index in [0.717, 1.165) is 39.7 Å². The van der Waals surface area contributed by atoms with Crippen molar-refractivity contribution in [2.75, 3.05) is 30.0 Å². The molecule has 7 nitrogen and oxygen atoms in total. The van der Waals surface area contributed by atoms with Crippen molar-refractivity contribution in [2.45, 2.75) is 19.4 Å². The molecular formula is C29H27BrN4O3S. The normalized spacial score (nSPS) is 16.9. The van der Waals surface area contributed by atoms with Crippen LogP contribution in [0.1, 0.15) is 35.3 Å². The molecule has 0 aliphatic carbocycles. The fraction of sp³-hybridized carbons (Fsp3) is 0.207. The first-order valence-electron chi connectivity index (χ1n) is 12.2. The zero-order valence-electron chi connectivity index (χ0n) is 21.0. The first kappa shape index (κ1) is 26.1. The summed E-state index contributed by atoms with van der Waals surface area (Å²) in [7, 11) is 1.61. The number of nitrogens with zero attached hydrogens (tertiary/aromatic N) is 2. The van der Waals surface area contributed by atoms with Gasteiger partial charge in [0.1, 0.15) is 5.75 Å². The minimum atomic E-state index is -0.337. The van der Waals surface area contributed by atoms with Crippen molar-refractivity contribution in [3.8, 4) is 5.75 Å². The van der Waals surface area contributed by atoms with E-state index in [0.29, 0.717) is 28.2 Å². The molecule has 194 valence electrons. The Morgan fingerprint density at radius 3 is 2.53 bits per heavy atom.